The van der Waals surface area contributed by atoms with Crippen molar-refractivity contribution in [3.8, 4) is 11.4 Å². The zero-order valence-electron chi connectivity index (χ0n) is 13.4. The Hall–Kier alpha value is -2.66. The molecule has 1 amide bonds. The van der Waals surface area contributed by atoms with Gasteiger partial charge in [0.05, 0.1) is 0 Å². The van der Waals surface area contributed by atoms with Gasteiger partial charge in [-0.3, -0.25) is 4.79 Å². The summed E-state index contributed by atoms with van der Waals surface area (Å²) in [6, 6.07) is 16.4. The van der Waals surface area contributed by atoms with Crippen molar-refractivity contribution in [1.29, 1.82) is 0 Å². The Bertz CT molecular complexity index is 894. The van der Waals surface area contributed by atoms with Gasteiger partial charge in [0.25, 0.3) is 5.91 Å². The fourth-order valence-corrected chi connectivity index (χ4v) is 3.32. The van der Waals surface area contributed by atoms with Crippen molar-refractivity contribution < 1.29 is 9.32 Å². The van der Waals surface area contributed by atoms with Gasteiger partial charge >= 0.3 is 0 Å². The van der Waals surface area contributed by atoms with Crippen molar-refractivity contribution in [2.45, 2.75) is 18.9 Å². The highest BCUT2D eigenvalue weighted by Crippen LogP contribution is 2.33. The molecule has 5 nitrogen and oxygen atoms in total. The van der Waals surface area contributed by atoms with Crippen LogP contribution in [0, 0.1) is 0 Å². The summed E-state index contributed by atoms with van der Waals surface area (Å²) in [5.74, 6) is 0.953. The fraction of sp³-hybridized carbons (Fsp3) is 0.211. The van der Waals surface area contributed by atoms with E-state index < -0.39 is 0 Å². The van der Waals surface area contributed by atoms with Crippen LogP contribution in [0.25, 0.3) is 11.4 Å². The highest BCUT2D eigenvalue weighted by Gasteiger charge is 2.34. The number of amides is 1. The molecule has 1 aromatic heterocycles. The molecule has 0 spiro atoms. The summed E-state index contributed by atoms with van der Waals surface area (Å²) in [6.45, 7) is 0.666. The summed E-state index contributed by atoms with van der Waals surface area (Å²) in [6.07, 6.45) is 1.71. The molecule has 4 rings (SSSR count). The Morgan fingerprint density at radius 3 is 2.80 bits per heavy atom. The van der Waals surface area contributed by atoms with Crippen LogP contribution in [0.4, 0.5) is 0 Å². The molecule has 1 saturated heterocycles. The molecule has 3 aromatic rings. The lowest BCUT2D eigenvalue weighted by atomic mass is 10.1. The molecule has 0 radical (unpaired) electrons. The molecular formula is C19H16ClN3O2. The Morgan fingerprint density at radius 1 is 1.16 bits per heavy atom. The van der Waals surface area contributed by atoms with E-state index >= 15 is 0 Å². The van der Waals surface area contributed by atoms with Gasteiger partial charge in [-0.1, -0.05) is 53.2 Å². The standard InChI is InChI=1S/C19H16ClN3O2/c20-15-9-4-8-14(12-15)19(24)23-11-5-10-16(23)18-21-17(22-25-18)13-6-2-1-3-7-13/h1-4,6-9,12,16H,5,10-11H2/t16-/m0/s1. The number of rotatable bonds is 3. The van der Waals surface area contributed by atoms with Crippen molar-refractivity contribution in [1.82, 2.24) is 15.0 Å². The van der Waals surface area contributed by atoms with Crippen molar-refractivity contribution in [2.24, 2.45) is 0 Å². The number of hydrogen-bond donors (Lipinski definition) is 0. The Labute approximate surface area is 150 Å². The zero-order valence-corrected chi connectivity index (χ0v) is 14.2. The maximum absolute atomic E-state index is 12.8. The van der Waals surface area contributed by atoms with Crippen LogP contribution in [0.5, 0.6) is 0 Å². The number of likely N-dealkylation sites (tertiary alicyclic amines) is 1. The first-order chi connectivity index (χ1) is 12.2. The van der Waals surface area contributed by atoms with E-state index in [9.17, 15) is 4.79 Å². The molecule has 0 saturated carbocycles. The van der Waals surface area contributed by atoms with Crippen LogP contribution in [0.1, 0.15) is 35.1 Å². The van der Waals surface area contributed by atoms with Crippen LogP contribution in [0.15, 0.2) is 59.1 Å². The van der Waals surface area contributed by atoms with Crippen molar-refractivity contribution in [3.05, 3.63) is 71.1 Å². The normalized spacial score (nSPS) is 17.0. The Morgan fingerprint density at radius 2 is 2.00 bits per heavy atom. The third kappa shape index (κ3) is 3.15. The minimum atomic E-state index is -0.198. The van der Waals surface area contributed by atoms with Gasteiger partial charge in [-0.2, -0.15) is 4.98 Å². The Kier molecular flexibility index (Phi) is 4.24. The van der Waals surface area contributed by atoms with Crippen LogP contribution in [-0.2, 0) is 0 Å². The predicted octanol–water partition coefficient (Wildman–Crippen LogP) is 4.37. The maximum Gasteiger partial charge on any atom is 0.254 e. The summed E-state index contributed by atoms with van der Waals surface area (Å²) in [4.78, 5) is 19.1. The molecule has 0 N–H and O–H groups in total. The monoisotopic (exact) mass is 353 g/mol. The van der Waals surface area contributed by atoms with Gasteiger partial charge in [0.2, 0.25) is 11.7 Å². The fourth-order valence-electron chi connectivity index (χ4n) is 3.13. The zero-order chi connectivity index (χ0) is 17.2. The van der Waals surface area contributed by atoms with Crippen LogP contribution in [0.2, 0.25) is 5.02 Å². The van der Waals surface area contributed by atoms with E-state index in [2.05, 4.69) is 10.1 Å². The number of halogens is 1. The number of hydrogen-bond acceptors (Lipinski definition) is 4. The van der Waals surface area contributed by atoms with Gasteiger partial charge in [-0.25, -0.2) is 0 Å². The molecule has 1 fully saturated rings. The highest BCUT2D eigenvalue weighted by atomic mass is 35.5. The average molecular weight is 354 g/mol. The average Bonchev–Trinajstić information content (AvgIpc) is 3.31. The van der Waals surface area contributed by atoms with Gasteiger partial charge in [0.15, 0.2) is 0 Å². The largest absolute Gasteiger partial charge is 0.337 e. The maximum atomic E-state index is 12.8. The minimum Gasteiger partial charge on any atom is -0.337 e. The summed E-state index contributed by atoms with van der Waals surface area (Å²) in [5.41, 5.74) is 1.46. The number of nitrogens with zero attached hydrogens (tertiary/aromatic N) is 3. The smallest absolute Gasteiger partial charge is 0.254 e. The topological polar surface area (TPSA) is 59.2 Å². The molecular weight excluding hydrogens is 338 g/mol. The van der Waals surface area contributed by atoms with Gasteiger partial charge < -0.3 is 9.42 Å². The molecule has 0 aliphatic carbocycles. The SMILES string of the molecule is O=C(c1cccc(Cl)c1)N1CCC[C@H]1c1nc(-c2ccccc2)no1. The molecule has 2 heterocycles. The number of aromatic nitrogens is 2. The van der Waals surface area contributed by atoms with E-state index in [1.54, 1.807) is 29.2 Å². The predicted molar refractivity (Wildman–Crippen MR) is 94.2 cm³/mol. The first-order valence-corrected chi connectivity index (χ1v) is 8.56. The van der Waals surface area contributed by atoms with Crippen molar-refractivity contribution in [2.75, 3.05) is 6.54 Å². The van der Waals surface area contributed by atoms with E-state index in [0.717, 1.165) is 18.4 Å². The lowest BCUT2D eigenvalue weighted by Crippen LogP contribution is -2.30. The third-order valence-electron chi connectivity index (χ3n) is 4.34. The summed E-state index contributed by atoms with van der Waals surface area (Å²) in [5, 5.41) is 4.61. The van der Waals surface area contributed by atoms with Crippen LogP contribution < -0.4 is 0 Å². The second-order valence-electron chi connectivity index (χ2n) is 5.99. The molecule has 1 aliphatic heterocycles. The molecule has 1 aliphatic rings. The summed E-state index contributed by atoms with van der Waals surface area (Å²) < 4.78 is 5.46. The molecule has 6 heteroatoms. The van der Waals surface area contributed by atoms with Crippen LogP contribution in [0.3, 0.4) is 0 Å². The van der Waals surface area contributed by atoms with Gasteiger partial charge in [0, 0.05) is 22.7 Å². The number of benzene rings is 2. The van der Waals surface area contributed by atoms with Gasteiger partial charge in [-0.15, -0.1) is 0 Å². The Balaban J connectivity index is 1.60. The molecule has 0 bridgehead atoms. The lowest BCUT2D eigenvalue weighted by molar-refractivity contribution is 0.0710. The van der Waals surface area contributed by atoms with E-state index in [1.165, 1.54) is 0 Å². The quantitative estimate of drug-likeness (QED) is 0.701. The molecule has 1 atom stereocenters. The van der Waals surface area contributed by atoms with Gasteiger partial charge in [-0.05, 0) is 31.0 Å². The first kappa shape index (κ1) is 15.8. The lowest BCUT2D eigenvalue weighted by Gasteiger charge is -2.22. The van der Waals surface area contributed by atoms with Gasteiger partial charge in [0.1, 0.15) is 6.04 Å². The highest BCUT2D eigenvalue weighted by molar-refractivity contribution is 6.30. The summed E-state index contributed by atoms with van der Waals surface area (Å²) >= 11 is 6.01. The molecule has 2 aromatic carbocycles. The number of carbonyl (C=O) groups excluding carboxylic acids is 1. The minimum absolute atomic E-state index is 0.0653. The number of carbonyl (C=O) groups is 1. The van der Waals surface area contributed by atoms with E-state index in [4.69, 9.17) is 16.1 Å². The van der Waals surface area contributed by atoms with Crippen molar-refractivity contribution >= 4 is 17.5 Å². The molecule has 0 unspecified atom stereocenters. The first-order valence-electron chi connectivity index (χ1n) is 8.18. The van der Waals surface area contributed by atoms with E-state index in [0.29, 0.717) is 28.8 Å². The van der Waals surface area contributed by atoms with Crippen molar-refractivity contribution in [3.63, 3.8) is 0 Å². The van der Waals surface area contributed by atoms with E-state index in [1.807, 2.05) is 30.3 Å². The molecule has 126 valence electrons. The third-order valence-corrected chi connectivity index (χ3v) is 4.58. The van der Waals surface area contributed by atoms with E-state index in [-0.39, 0.29) is 11.9 Å². The molecule has 25 heavy (non-hydrogen) atoms. The second-order valence-corrected chi connectivity index (χ2v) is 6.43. The summed E-state index contributed by atoms with van der Waals surface area (Å²) in [7, 11) is 0. The van der Waals surface area contributed by atoms with Crippen LogP contribution >= 0.6 is 11.6 Å². The van der Waals surface area contributed by atoms with Crippen LogP contribution in [-0.4, -0.2) is 27.5 Å². The second kappa shape index (κ2) is 6.69.